The number of aromatic hydroxyl groups is 1. The second-order valence-corrected chi connectivity index (χ2v) is 5.17. The van der Waals surface area contributed by atoms with Crippen molar-refractivity contribution in [3.63, 3.8) is 0 Å². The van der Waals surface area contributed by atoms with Gasteiger partial charge in [0.15, 0.2) is 0 Å². The molecule has 0 spiro atoms. The summed E-state index contributed by atoms with van der Waals surface area (Å²) in [5.74, 6) is 0.941. The van der Waals surface area contributed by atoms with E-state index in [0.29, 0.717) is 11.7 Å². The number of rotatable bonds is 6. The largest absolute Gasteiger partial charge is 0.508 e. The fourth-order valence-corrected chi connectivity index (χ4v) is 1.92. The van der Waals surface area contributed by atoms with Gasteiger partial charge in [-0.1, -0.05) is 26.0 Å². The lowest BCUT2D eigenvalue weighted by molar-refractivity contribution is 0.475. The van der Waals surface area contributed by atoms with Gasteiger partial charge < -0.3 is 10.4 Å². The molecule has 4 heteroatoms. The van der Waals surface area contributed by atoms with Gasteiger partial charge in [-0.15, -0.1) is 0 Å². The van der Waals surface area contributed by atoms with Crippen molar-refractivity contribution in [2.24, 2.45) is 5.92 Å². The standard InChI is InChI=1S/C15H21N3O/c1-12(2)9-16-10-14-7-8-17-18(14)11-13-3-5-15(19)6-4-13/h3-8,12,16,19H,9-11H2,1-2H3. The molecule has 0 bridgehead atoms. The number of aromatic nitrogens is 2. The number of phenolic OH excluding ortho intramolecular Hbond substituents is 1. The molecule has 0 fully saturated rings. The second kappa shape index (κ2) is 6.38. The smallest absolute Gasteiger partial charge is 0.115 e. The molecule has 0 saturated carbocycles. The average molecular weight is 259 g/mol. The van der Waals surface area contributed by atoms with Gasteiger partial charge in [0, 0.05) is 12.7 Å². The Hall–Kier alpha value is -1.81. The zero-order valence-corrected chi connectivity index (χ0v) is 11.5. The molecule has 0 saturated heterocycles. The fourth-order valence-electron chi connectivity index (χ4n) is 1.92. The molecule has 2 rings (SSSR count). The van der Waals surface area contributed by atoms with Crippen molar-refractivity contribution in [2.45, 2.75) is 26.9 Å². The quantitative estimate of drug-likeness (QED) is 0.837. The average Bonchev–Trinajstić information content (AvgIpc) is 2.79. The maximum absolute atomic E-state index is 9.27. The van der Waals surface area contributed by atoms with Crippen LogP contribution >= 0.6 is 0 Å². The highest BCUT2D eigenvalue weighted by atomic mass is 16.3. The summed E-state index contributed by atoms with van der Waals surface area (Å²) in [5, 5.41) is 17.0. The molecular weight excluding hydrogens is 238 g/mol. The van der Waals surface area contributed by atoms with Gasteiger partial charge in [-0.3, -0.25) is 4.68 Å². The molecule has 1 heterocycles. The van der Waals surface area contributed by atoms with Crippen LogP contribution in [0.3, 0.4) is 0 Å². The van der Waals surface area contributed by atoms with Crippen LogP contribution in [0, 0.1) is 5.92 Å². The summed E-state index contributed by atoms with van der Waals surface area (Å²) < 4.78 is 1.99. The monoisotopic (exact) mass is 259 g/mol. The summed E-state index contributed by atoms with van der Waals surface area (Å²) in [5.41, 5.74) is 2.31. The number of phenols is 1. The van der Waals surface area contributed by atoms with Crippen LogP contribution in [0.5, 0.6) is 5.75 Å². The van der Waals surface area contributed by atoms with Gasteiger partial charge in [0.1, 0.15) is 5.75 Å². The highest BCUT2D eigenvalue weighted by Gasteiger charge is 2.03. The van der Waals surface area contributed by atoms with Crippen LogP contribution < -0.4 is 5.32 Å². The van der Waals surface area contributed by atoms with Gasteiger partial charge in [0.05, 0.1) is 12.2 Å². The first kappa shape index (κ1) is 13.6. The molecular formula is C15H21N3O. The van der Waals surface area contributed by atoms with Crippen molar-refractivity contribution in [1.82, 2.24) is 15.1 Å². The van der Waals surface area contributed by atoms with Crippen molar-refractivity contribution in [3.8, 4) is 5.75 Å². The minimum atomic E-state index is 0.294. The van der Waals surface area contributed by atoms with Crippen LogP contribution in [0.4, 0.5) is 0 Å². The molecule has 0 aliphatic heterocycles. The fraction of sp³-hybridized carbons (Fsp3) is 0.400. The Morgan fingerprint density at radius 3 is 2.63 bits per heavy atom. The molecule has 0 radical (unpaired) electrons. The lowest BCUT2D eigenvalue weighted by atomic mass is 10.2. The summed E-state index contributed by atoms with van der Waals surface area (Å²) in [7, 11) is 0. The van der Waals surface area contributed by atoms with Gasteiger partial charge in [0.25, 0.3) is 0 Å². The van der Waals surface area contributed by atoms with E-state index in [1.54, 1.807) is 12.1 Å². The second-order valence-electron chi connectivity index (χ2n) is 5.17. The Bertz CT molecular complexity index is 502. The van der Waals surface area contributed by atoms with E-state index in [4.69, 9.17) is 0 Å². The molecule has 0 amide bonds. The Morgan fingerprint density at radius 2 is 1.95 bits per heavy atom. The Labute approximate surface area is 114 Å². The van der Waals surface area contributed by atoms with Gasteiger partial charge in [0.2, 0.25) is 0 Å². The van der Waals surface area contributed by atoms with Crippen molar-refractivity contribution < 1.29 is 5.11 Å². The zero-order chi connectivity index (χ0) is 13.7. The SMILES string of the molecule is CC(C)CNCc1ccnn1Cc1ccc(O)cc1. The van der Waals surface area contributed by atoms with E-state index in [-0.39, 0.29) is 0 Å². The predicted octanol–water partition coefficient (Wildman–Crippen LogP) is 2.38. The first-order valence-corrected chi connectivity index (χ1v) is 6.64. The van der Waals surface area contributed by atoms with Gasteiger partial charge in [-0.05, 0) is 36.2 Å². The minimum absolute atomic E-state index is 0.294. The molecule has 0 aliphatic carbocycles. The van der Waals surface area contributed by atoms with Crippen LogP contribution in [0.25, 0.3) is 0 Å². The van der Waals surface area contributed by atoms with E-state index in [1.165, 1.54) is 5.69 Å². The maximum Gasteiger partial charge on any atom is 0.115 e. The van der Waals surface area contributed by atoms with E-state index in [0.717, 1.165) is 25.2 Å². The molecule has 19 heavy (non-hydrogen) atoms. The normalized spacial score (nSPS) is 11.1. The van der Waals surface area contributed by atoms with Crippen LogP contribution in [0.15, 0.2) is 36.5 Å². The van der Waals surface area contributed by atoms with Crippen molar-refractivity contribution >= 4 is 0 Å². The molecule has 2 aromatic rings. The number of benzene rings is 1. The van der Waals surface area contributed by atoms with E-state index >= 15 is 0 Å². The van der Waals surface area contributed by atoms with Gasteiger partial charge in [-0.25, -0.2) is 0 Å². The predicted molar refractivity (Wildman–Crippen MR) is 76.0 cm³/mol. The summed E-state index contributed by atoms with van der Waals surface area (Å²) >= 11 is 0. The number of hydrogen-bond donors (Lipinski definition) is 2. The number of nitrogens with one attached hydrogen (secondary N) is 1. The van der Waals surface area contributed by atoms with E-state index in [2.05, 4.69) is 24.3 Å². The first-order valence-electron chi connectivity index (χ1n) is 6.64. The third kappa shape index (κ3) is 4.10. The Balaban J connectivity index is 1.97. The lowest BCUT2D eigenvalue weighted by Crippen LogP contribution is -2.21. The van der Waals surface area contributed by atoms with Gasteiger partial charge >= 0.3 is 0 Å². The summed E-state index contributed by atoms with van der Waals surface area (Å²) in [6.07, 6.45) is 1.83. The van der Waals surface area contributed by atoms with Crippen LogP contribution in [-0.2, 0) is 13.1 Å². The third-order valence-corrected chi connectivity index (χ3v) is 2.93. The summed E-state index contributed by atoms with van der Waals surface area (Å²) in [4.78, 5) is 0. The van der Waals surface area contributed by atoms with Crippen molar-refractivity contribution in [3.05, 3.63) is 47.8 Å². The zero-order valence-electron chi connectivity index (χ0n) is 11.5. The molecule has 1 aromatic carbocycles. The highest BCUT2D eigenvalue weighted by molar-refractivity contribution is 5.26. The van der Waals surface area contributed by atoms with Crippen LogP contribution in [0.2, 0.25) is 0 Å². The topological polar surface area (TPSA) is 50.1 Å². The minimum Gasteiger partial charge on any atom is -0.508 e. The van der Waals surface area contributed by atoms with Crippen molar-refractivity contribution in [1.29, 1.82) is 0 Å². The number of nitrogens with zero attached hydrogens (tertiary/aromatic N) is 2. The van der Waals surface area contributed by atoms with Crippen molar-refractivity contribution in [2.75, 3.05) is 6.54 Å². The summed E-state index contributed by atoms with van der Waals surface area (Å²) in [6.45, 7) is 6.95. The lowest BCUT2D eigenvalue weighted by Gasteiger charge is -2.10. The summed E-state index contributed by atoms with van der Waals surface area (Å²) in [6, 6.07) is 9.28. The molecule has 1 aromatic heterocycles. The molecule has 102 valence electrons. The van der Waals surface area contributed by atoms with E-state index in [9.17, 15) is 5.11 Å². The Kier molecular flexibility index (Phi) is 4.58. The third-order valence-electron chi connectivity index (χ3n) is 2.93. The molecule has 0 unspecified atom stereocenters. The highest BCUT2D eigenvalue weighted by Crippen LogP contribution is 2.11. The molecule has 0 aliphatic rings. The van der Waals surface area contributed by atoms with E-state index < -0.39 is 0 Å². The van der Waals surface area contributed by atoms with Crippen LogP contribution in [-0.4, -0.2) is 21.4 Å². The molecule has 2 N–H and O–H groups in total. The maximum atomic E-state index is 9.27. The molecule has 0 atom stereocenters. The Morgan fingerprint density at radius 1 is 1.21 bits per heavy atom. The van der Waals surface area contributed by atoms with Gasteiger partial charge in [-0.2, -0.15) is 5.10 Å². The van der Waals surface area contributed by atoms with Crippen LogP contribution in [0.1, 0.15) is 25.1 Å². The first-order chi connectivity index (χ1) is 9.15. The number of hydrogen-bond acceptors (Lipinski definition) is 3. The van der Waals surface area contributed by atoms with E-state index in [1.807, 2.05) is 29.1 Å². The molecule has 4 nitrogen and oxygen atoms in total.